The van der Waals surface area contributed by atoms with Gasteiger partial charge in [0.05, 0.1) is 7.11 Å². The topological polar surface area (TPSA) is 35.5 Å². The average Bonchev–Trinajstić information content (AvgIpc) is 2.88. The number of methoxy groups -OCH3 is 1. The van der Waals surface area contributed by atoms with Crippen molar-refractivity contribution < 1.29 is 14.3 Å². The Kier molecular flexibility index (Phi) is 5.52. The van der Waals surface area contributed by atoms with Crippen LogP contribution in [0.15, 0.2) is 52.9 Å². The quantitative estimate of drug-likeness (QED) is 0.505. The van der Waals surface area contributed by atoms with Gasteiger partial charge in [-0.2, -0.15) is 0 Å². The third-order valence-electron chi connectivity index (χ3n) is 4.25. The predicted molar refractivity (Wildman–Crippen MR) is 108 cm³/mol. The minimum absolute atomic E-state index is 0.324. The minimum atomic E-state index is -0.324. The van der Waals surface area contributed by atoms with Crippen molar-refractivity contribution in [2.45, 2.75) is 25.7 Å². The number of carbonyl (C=O) groups is 1. The summed E-state index contributed by atoms with van der Waals surface area (Å²) < 4.78 is 10.8. The van der Waals surface area contributed by atoms with E-state index < -0.39 is 0 Å². The summed E-state index contributed by atoms with van der Waals surface area (Å²) in [6.45, 7) is 5.55. The van der Waals surface area contributed by atoms with Crippen LogP contribution in [0.25, 0.3) is 17.4 Å². The fourth-order valence-corrected chi connectivity index (χ4v) is 3.72. The zero-order valence-corrected chi connectivity index (χ0v) is 16.3. The van der Waals surface area contributed by atoms with Gasteiger partial charge in [0.1, 0.15) is 11.5 Å². The largest absolute Gasteiger partial charge is 0.497 e. The van der Waals surface area contributed by atoms with Crippen molar-refractivity contribution in [1.29, 1.82) is 0 Å². The van der Waals surface area contributed by atoms with Crippen LogP contribution in [0.3, 0.4) is 0 Å². The summed E-state index contributed by atoms with van der Waals surface area (Å²) >= 11 is 1.83. The molecule has 1 aliphatic carbocycles. The van der Waals surface area contributed by atoms with Crippen LogP contribution in [0.1, 0.15) is 37.5 Å². The van der Waals surface area contributed by atoms with E-state index in [9.17, 15) is 4.79 Å². The van der Waals surface area contributed by atoms with Gasteiger partial charge < -0.3 is 9.47 Å². The van der Waals surface area contributed by atoms with Crippen LogP contribution in [0.5, 0.6) is 5.75 Å². The normalized spacial score (nSPS) is 14.5. The third kappa shape index (κ3) is 3.70. The number of fused-ring (bicyclic) bond motifs is 1. The van der Waals surface area contributed by atoms with Gasteiger partial charge in [-0.05, 0) is 65.8 Å². The average molecular weight is 366 g/mol. The maximum Gasteiger partial charge on any atom is 0.308 e. The second-order valence-electron chi connectivity index (χ2n) is 6.02. The number of rotatable bonds is 5. The first-order valence-corrected chi connectivity index (χ1v) is 9.55. The number of hydrogen-bond donors (Lipinski definition) is 0. The van der Waals surface area contributed by atoms with Crippen LogP contribution in [0.4, 0.5) is 0 Å². The highest BCUT2D eigenvalue weighted by molar-refractivity contribution is 7.99. The van der Waals surface area contributed by atoms with E-state index in [0.717, 1.165) is 39.3 Å². The Morgan fingerprint density at radius 1 is 1.12 bits per heavy atom. The monoisotopic (exact) mass is 366 g/mol. The summed E-state index contributed by atoms with van der Waals surface area (Å²) in [7, 11) is 1.63. The lowest BCUT2D eigenvalue weighted by molar-refractivity contribution is -0.134. The highest BCUT2D eigenvalue weighted by Gasteiger charge is 2.26. The second-order valence-corrected chi connectivity index (χ2v) is 7.36. The number of thioether (sulfide) groups is 1. The van der Waals surface area contributed by atoms with Crippen molar-refractivity contribution in [1.82, 2.24) is 0 Å². The number of esters is 1. The molecule has 2 aromatic rings. The lowest BCUT2D eigenvalue weighted by Gasteiger charge is -2.07. The Morgan fingerprint density at radius 2 is 1.85 bits per heavy atom. The molecule has 3 rings (SSSR count). The first-order valence-electron chi connectivity index (χ1n) is 8.56. The van der Waals surface area contributed by atoms with Crippen LogP contribution in [-0.2, 0) is 9.53 Å². The zero-order chi connectivity index (χ0) is 18.7. The van der Waals surface area contributed by atoms with Gasteiger partial charge in [-0.15, -0.1) is 11.8 Å². The fraction of sp³-hybridized carbons (Fsp3) is 0.227. The molecule has 134 valence electrons. The number of hydrogen-bond acceptors (Lipinski definition) is 4. The molecule has 0 unspecified atom stereocenters. The van der Waals surface area contributed by atoms with Crippen LogP contribution in [-0.4, -0.2) is 18.8 Å². The van der Waals surface area contributed by atoms with E-state index in [2.05, 4.69) is 37.3 Å². The van der Waals surface area contributed by atoms with Gasteiger partial charge in [-0.3, -0.25) is 4.79 Å². The standard InChI is InChI=1S/C22H22O3S/c1-5-26-18-9-6-16(7-10-18)12-20-14(2)22(25-15(3)23)21-13-17(24-4)8-11-19(20)21/h6-13H,5H2,1-4H3. The van der Waals surface area contributed by atoms with Gasteiger partial charge in [0.25, 0.3) is 0 Å². The minimum Gasteiger partial charge on any atom is -0.497 e. The van der Waals surface area contributed by atoms with Crippen LogP contribution in [0.2, 0.25) is 0 Å². The molecule has 0 N–H and O–H groups in total. The van der Waals surface area contributed by atoms with Crippen LogP contribution < -0.4 is 4.74 Å². The molecule has 0 atom stereocenters. The smallest absolute Gasteiger partial charge is 0.308 e. The molecule has 4 heteroatoms. The molecule has 0 saturated carbocycles. The first-order chi connectivity index (χ1) is 12.5. The summed E-state index contributed by atoms with van der Waals surface area (Å²) in [5.41, 5.74) is 5.07. The predicted octanol–water partition coefficient (Wildman–Crippen LogP) is 5.66. The van der Waals surface area contributed by atoms with Crippen molar-refractivity contribution in [3.63, 3.8) is 0 Å². The Morgan fingerprint density at radius 3 is 2.46 bits per heavy atom. The van der Waals surface area contributed by atoms with E-state index in [1.54, 1.807) is 7.11 Å². The molecule has 0 bridgehead atoms. The maximum absolute atomic E-state index is 11.6. The molecule has 2 aromatic carbocycles. The molecular formula is C22H22O3S. The molecule has 0 radical (unpaired) electrons. The van der Waals surface area contributed by atoms with E-state index in [-0.39, 0.29) is 5.97 Å². The van der Waals surface area contributed by atoms with E-state index in [1.165, 1.54) is 11.8 Å². The van der Waals surface area contributed by atoms with Gasteiger partial charge in [0.2, 0.25) is 0 Å². The Labute approximate surface area is 158 Å². The van der Waals surface area contributed by atoms with E-state index >= 15 is 0 Å². The molecule has 26 heavy (non-hydrogen) atoms. The van der Waals surface area contributed by atoms with Crippen molar-refractivity contribution in [3.8, 4) is 5.75 Å². The molecule has 1 aliphatic rings. The molecule has 0 saturated heterocycles. The summed E-state index contributed by atoms with van der Waals surface area (Å²) in [6.07, 6.45) is 2.14. The molecule has 0 amide bonds. The van der Waals surface area contributed by atoms with E-state index in [0.29, 0.717) is 5.76 Å². The van der Waals surface area contributed by atoms with Gasteiger partial charge >= 0.3 is 5.97 Å². The lowest BCUT2D eigenvalue weighted by Crippen LogP contribution is -1.98. The molecule has 0 spiro atoms. The Bertz CT molecular complexity index is 892. The number of benzene rings is 2. The zero-order valence-electron chi connectivity index (χ0n) is 15.5. The van der Waals surface area contributed by atoms with E-state index in [1.807, 2.05) is 36.9 Å². The van der Waals surface area contributed by atoms with Crippen LogP contribution >= 0.6 is 11.8 Å². The number of ether oxygens (including phenoxy) is 2. The molecular weight excluding hydrogens is 344 g/mol. The van der Waals surface area contributed by atoms with E-state index in [4.69, 9.17) is 9.47 Å². The first kappa shape index (κ1) is 18.3. The molecule has 0 heterocycles. The van der Waals surface area contributed by atoms with Gasteiger partial charge in [0.15, 0.2) is 0 Å². The van der Waals surface area contributed by atoms with Crippen molar-refractivity contribution in [2.75, 3.05) is 12.9 Å². The highest BCUT2D eigenvalue weighted by atomic mass is 32.2. The van der Waals surface area contributed by atoms with Crippen molar-refractivity contribution in [2.24, 2.45) is 0 Å². The van der Waals surface area contributed by atoms with Gasteiger partial charge in [-0.25, -0.2) is 0 Å². The summed E-state index contributed by atoms with van der Waals surface area (Å²) in [4.78, 5) is 12.8. The number of allylic oxidation sites excluding steroid dienone is 2. The fourth-order valence-electron chi connectivity index (χ4n) is 3.05. The summed E-state index contributed by atoms with van der Waals surface area (Å²) in [6, 6.07) is 14.4. The van der Waals surface area contributed by atoms with Crippen LogP contribution in [0, 0.1) is 0 Å². The maximum atomic E-state index is 11.6. The van der Waals surface area contributed by atoms with Crippen molar-refractivity contribution >= 4 is 35.1 Å². The highest BCUT2D eigenvalue weighted by Crippen LogP contribution is 2.44. The molecule has 3 nitrogen and oxygen atoms in total. The molecule has 0 aliphatic heterocycles. The second kappa shape index (κ2) is 7.83. The third-order valence-corrected chi connectivity index (χ3v) is 5.15. The Hall–Kier alpha value is -2.46. The lowest BCUT2D eigenvalue weighted by atomic mass is 10.0. The summed E-state index contributed by atoms with van der Waals surface area (Å²) in [5.74, 6) is 2.08. The summed E-state index contributed by atoms with van der Waals surface area (Å²) in [5, 5.41) is 0. The Balaban J connectivity index is 2.06. The SMILES string of the molecule is CCSc1ccc(C=C2C(C)=C(OC(C)=O)c3cc(OC)ccc32)cc1. The van der Waals surface area contributed by atoms with Gasteiger partial charge in [0, 0.05) is 23.0 Å². The molecule has 0 fully saturated rings. The molecule has 0 aromatic heterocycles. The number of carbonyl (C=O) groups excluding carboxylic acids is 1. The van der Waals surface area contributed by atoms with Crippen molar-refractivity contribution in [3.05, 3.63) is 64.7 Å². The van der Waals surface area contributed by atoms with Gasteiger partial charge in [-0.1, -0.05) is 19.1 Å².